The number of sulfonamides is 1. The first-order valence-corrected chi connectivity index (χ1v) is 8.91. The zero-order valence-corrected chi connectivity index (χ0v) is 15.2. The van der Waals surface area contributed by atoms with Crippen molar-refractivity contribution in [1.29, 1.82) is 0 Å². The minimum atomic E-state index is -4.00. The lowest BCUT2D eigenvalue weighted by Gasteiger charge is -2.38. The lowest BCUT2D eigenvalue weighted by molar-refractivity contribution is -0.141. The number of imide groups is 1. The van der Waals surface area contributed by atoms with Crippen LogP contribution in [0.5, 0.6) is 0 Å². The predicted octanol–water partition coefficient (Wildman–Crippen LogP) is 1.64. The summed E-state index contributed by atoms with van der Waals surface area (Å²) >= 11 is 6.44. The van der Waals surface area contributed by atoms with Gasteiger partial charge in [-0.25, -0.2) is 8.42 Å². The Hall–Kier alpha value is -0.770. The van der Waals surface area contributed by atoms with Crippen LogP contribution in [0.1, 0.15) is 13.8 Å². The minimum absolute atomic E-state index is 0.00118. The van der Waals surface area contributed by atoms with Crippen LogP contribution in [-0.2, 0) is 19.6 Å². The van der Waals surface area contributed by atoms with E-state index in [-0.39, 0.29) is 4.90 Å². The average molecular weight is 440 g/mol. The molecule has 1 aromatic rings. The maximum absolute atomic E-state index is 12.8. The normalized spacial score (nSPS) is 19.4. The quantitative estimate of drug-likeness (QED) is 0.710. The molecule has 0 unspecified atom stereocenters. The number of halogens is 2. The average Bonchev–Trinajstić information content (AvgIpc) is 2.33. The van der Waals surface area contributed by atoms with Crippen LogP contribution in [0, 0.1) is 0 Å². The molecule has 114 valence electrons. The number of amides is 2. The van der Waals surface area contributed by atoms with Gasteiger partial charge in [-0.15, -0.1) is 0 Å². The summed E-state index contributed by atoms with van der Waals surface area (Å²) in [6.45, 7) is 2.52. The zero-order valence-electron chi connectivity index (χ0n) is 11.2. The third-order valence-electron chi connectivity index (χ3n) is 3.18. The Bertz CT molecular complexity index is 731. The summed E-state index contributed by atoms with van der Waals surface area (Å²) in [5.74, 6) is -1.29. The Balaban J connectivity index is 2.56. The largest absolute Gasteiger partial charge is 0.294 e. The molecule has 0 bridgehead atoms. The van der Waals surface area contributed by atoms with Crippen LogP contribution < -0.4 is 5.32 Å². The standard InChI is InChI=1S/C12H12Br2N2O4S/c1-12(2)11(18)15-10(17)6-16(12)21(19,20)9-4-3-7(13)5-8(9)14/h3-5H,6H2,1-2H3,(H,15,17,18). The lowest BCUT2D eigenvalue weighted by atomic mass is 10.0. The third kappa shape index (κ3) is 2.92. The van der Waals surface area contributed by atoms with Crippen molar-refractivity contribution in [3.8, 4) is 0 Å². The van der Waals surface area contributed by atoms with Crippen molar-refractivity contribution >= 4 is 53.7 Å². The SMILES string of the molecule is CC1(C)C(=O)NC(=O)CN1S(=O)(=O)c1ccc(Br)cc1Br. The van der Waals surface area contributed by atoms with Crippen LogP contribution in [0.25, 0.3) is 0 Å². The fourth-order valence-corrected chi connectivity index (χ4v) is 5.36. The fourth-order valence-electron chi connectivity index (χ4n) is 1.95. The molecule has 0 aromatic heterocycles. The van der Waals surface area contributed by atoms with Gasteiger partial charge in [0.2, 0.25) is 21.8 Å². The van der Waals surface area contributed by atoms with E-state index in [1.165, 1.54) is 19.9 Å². The number of nitrogens with zero attached hydrogens (tertiary/aromatic N) is 1. The van der Waals surface area contributed by atoms with E-state index in [2.05, 4.69) is 37.2 Å². The highest BCUT2D eigenvalue weighted by Gasteiger charge is 2.48. The van der Waals surface area contributed by atoms with Crippen molar-refractivity contribution in [3.63, 3.8) is 0 Å². The van der Waals surface area contributed by atoms with Gasteiger partial charge in [-0.05, 0) is 48.0 Å². The van der Waals surface area contributed by atoms with Gasteiger partial charge in [-0.2, -0.15) is 4.31 Å². The van der Waals surface area contributed by atoms with E-state index in [1.807, 2.05) is 0 Å². The number of piperazine rings is 1. The number of nitrogens with one attached hydrogen (secondary N) is 1. The van der Waals surface area contributed by atoms with E-state index in [4.69, 9.17) is 0 Å². The minimum Gasteiger partial charge on any atom is -0.294 e. The van der Waals surface area contributed by atoms with Gasteiger partial charge in [-0.1, -0.05) is 15.9 Å². The van der Waals surface area contributed by atoms with Crippen molar-refractivity contribution in [2.45, 2.75) is 24.3 Å². The third-order valence-corrected chi connectivity index (χ3v) is 6.67. The Labute approximate surface area is 139 Å². The van der Waals surface area contributed by atoms with Gasteiger partial charge in [0, 0.05) is 8.95 Å². The van der Waals surface area contributed by atoms with E-state index in [9.17, 15) is 18.0 Å². The molecule has 0 radical (unpaired) electrons. The van der Waals surface area contributed by atoms with Crippen LogP contribution >= 0.6 is 31.9 Å². The van der Waals surface area contributed by atoms with E-state index >= 15 is 0 Å². The van der Waals surface area contributed by atoms with Crippen LogP contribution in [-0.4, -0.2) is 36.6 Å². The maximum Gasteiger partial charge on any atom is 0.247 e. The highest BCUT2D eigenvalue weighted by Crippen LogP contribution is 2.32. The van der Waals surface area contributed by atoms with E-state index in [0.717, 1.165) is 4.31 Å². The Morgan fingerprint density at radius 1 is 1.24 bits per heavy atom. The number of hydrogen-bond acceptors (Lipinski definition) is 4. The van der Waals surface area contributed by atoms with Crippen LogP contribution in [0.2, 0.25) is 0 Å². The van der Waals surface area contributed by atoms with Crippen LogP contribution in [0.15, 0.2) is 32.0 Å². The fraction of sp³-hybridized carbons (Fsp3) is 0.333. The van der Waals surface area contributed by atoms with Crippen molar-refractivity contribution < 1.29 is 18.0 Å². The molecule has 2 amide bonds. The maximum atomic E-state index is 12.8. The van der Waals surface area contributed by atoms with Crippen molar-refractivity contribution in [2.24, 2.45) is 0 Å². The molecule has 6 nitrogen and oxygen atoms in total. The molecular weight excluding hydrogens is 428 g/mol. The van der Waals surface area contributed by atoms with Gasteiger partial charge in [0.25, 0.3) is 0 Å². The summed E-state index contributed by atoms with van der Waals surface area (Å²) in [6.07, 6.45) is 0. The molecule has 1 N–H and O–H groups in total. The summed E-state index contributed by atoms with van der Waals surface area (Å²) < 4.78 is 27.5. The van der Waals surface area contributed by atoms with Gasteiger partial charge in [-0.3, -0.25) is 14.9 Å². The second-order valence-electron chi connectivity index (χ2n) is 5.02. The summed E-state index contributed by atoms with van der Waals surface area (Å²) in [6, 6.07) is 4.58. The van der Waals surface area contributed by atoms with Crippen LogP contribution in [0.4, 0.5) is 0 Å². The zero-order chi connectivity index (χ0) is 16.0. The Morgan fingerprint density at radius 2 is 1.86 bits per heavy atom. The molecule has 0 spiro atoms. The van der Waals surface area contributed by atoms with Gasteiger partial charge < -0.3 is 0 Å². The van der Waals surface area contributed by atoms with Gasteiger partial charge >= 0.3 is 0 Å². The second kappa shape index (κ2) is 5.45. The molecule has 0 saturated carbocycles. The number of carbonyl (C=O) groups excluding carboxylic acids is 2. The van der Waals surface area contributed by atoms with Crippen LogP contribution in [0.3, 0.4) is 0 Å². The predicted molar refractivity (Wildman–Crippen MR) is 83.0 cm³/mol. The highest BCUT2D eigenvalue weighted by molar-refractivity contribution is 9.11. The summed E-state index contributed by atoms with van der Waals surface area (Å²) in [5.41, 5.74) is -1.35. The summed E-state index contributed by atoms with van der Waals surface area (Å²) in [5, 5.41) is 2.14. The Kier molecular flexibility index (Phi) is 4.31. The second-order valence-corrected chi connectivity index (χ2v) is 8.62. The number of rotatable bonds is 2. The molecule has 1 aliphatic rings. The molecule has 1 aliphatic heterocycles. The summed E-state index contributed by atoms with van der Waals surface area (Å²) in [4.78, 5) is 23.4. The van der Waals surface area contributed by atoms with Crippen molar-refractivity contribution in [1.82, 2.24) is 9.62 Å². The molecule has 1 saturated heterocycles. The molecule has 9 heteroatoms. The van der Waals surface area contributed by atoms with Crippen molar-refractivity contribution in [2.75, 3.05) is 6.54 Å². The number of benzene rings is 1. The smallest absolute Gasteiger partial charge is 0.247 e. The van der Waals surface area contributed by atoms with E-state index in [0.29, 0.717) is 8.95 Å². The Morgan fingerprint density at radius 3 is 2.43 bits per heavy atom. The monoisotopic (exact) mass is 438 g/mol. The molecule has 1 fully saturated rings. The molecule has 0 atom stereocenters. The number of carbonyl (C=O) groups is 2. The van der Waals surface area contributed by atoms with Gasteiger partial charge in [0.1, 0.15) is 5.54 Å². The van der Waals surface area contributed by atoms with Crippen molar-refractivity contribution in [3.05, 3.63) is 27.1 Å². The molecule has 1 heterocycles. The molecule has 1 aromatic carbocycles. The summed E-state index contributed by atoms with van der Waals surface area (Å²) in [7, 11) is -4.00. The highest BCUT2D eigenvalue weighted by atomic mass is 79.9. The van der Waals surface area contributed by atoms with Gasteiger partial charge in [0.05, 0.1) is 11.4 Å². The number of hydrogen-bond donors (Lipinski definition) is 1. The first kappa shape index (κ1) is 16.6. The molecular formula is C12H12Br2N2O4S. The topological polar surface area (TPSA) is 83.6 Å². The van der Waals surface area contributed by atoms with E-state index in [1.54, 1.807) is 12.1 Å². The molecule has 2 rings (SSSR count). The molecule has 0 aliphatic carbocycles. The first-order valence-electron chi connectivity index (χ1n) is 5.89. The van der Waals surface area contributed by atoms with Gasteiger partial charge in [0.15, 0.2) is 0 Å². The lowest BCUT2D eigenvalue weighted by Crippen LogP contribution is -2.65. The first-order chi connectivity index (χ1) is 9.56. The van der Waals surface area contributed by atoms with E-state index < -0.39 is 33.9 Å². The molecule has 21 heavy (non-hydrogen) atoms.